The van der Waals surface area contributed by atoms with Crippen LogP contribution in [0.25, 0.3) is 0 Å². The lowest BCUT2D eigenvalue weighted by molar-refractivity contribution is -0.121. The fourth-order valence-electron chi connectivity index (χ4n) is 3.30. The van der Waals surface area contributed by atoms with E-state index in [4.69, 9.17) is 11.6 Å². The molecule has 1 aromatic carbocycles. The van der Waals surface area contributed by atoms with E-state index >= 15 is 0 Å². The number of hydrogen-bond acceptors (Lipinski definition) is 4. The molecular weight excluding hydrogens is 350 g/mol. The topological polar surface area (TPSA) is 72.7 Å². The second-order valence-electron chi connectivity index (χ2n) is 6.69. The van der Waals surface area contributed by atoms with Crippen molar-refractivity contribution in [2.75, 3.05) is 6.54 Å². The molecule has 138 valence electrons. The van der Waals surface area contributed by atoms with Gasteiger partial charge in [-0.15, -0.1) is 5.10 Å². The molecule has 1 aromatic heterocycles. The molecule has 0 radical (unpaired) electrons. The predicted molar refractivity (Wildman–Crippen MR) is 101 cm³/mol. The van der Waals surface area contributed by atoms with Gasteiger partial charge in [0.25, 0.3) is 0 Å². The summed E-state index contributed by atoms with van der Waals surface area (Å²) in [6.45, 7) is 1.25. The molecule has 1 N–H and O–H groups in total. The lowest BCUT2D eigenvalue weighted by atomic mass is 9.95. The number of nitrogens with one attached hydrogen (secondary N) is 1. The van der Waals surface area contributed by atoms with E-state index in [0.29, 0.717) is 24.5 Å². The maximum absolute atomic E-state index is 12.4. The van der Waals surface area contributed by atoms with Gasteiger partial charge in [0.1, 0.15) is 6.33 Å². The number of allylic oxidation sites excluding steroid dienone is 1. The Bertz CT molecular complexity index is 727. The summed E-state index contributed by atoms with van der Waals surface area (Å²) < 4.78 is 1.65. The molecule has 0 spiro atoms. The first-order valence-electron chi connectivity index (χ1n) is 9.11. The van der Waals surface area contributed by atoms with Crippen molar-refractivity contribution in [1.82, 2.24) is 25.5 Å². The summed E-state index contributed by atoms with van der Waals surface area (Å²) >= 11 is 5.99. The van der Waals surface area contributed by atoms with Gasteiger partial charge in [0.2, 0.25) is 5.91 Å². The van der Waals surface area contributed by atoms with Crippen LogP contribution < -0.4 is 5.32 Å². The molecule has 3 rings (SSSR count). The lowest BCUT2D eigenvalue weighted by Crippen LogP contribution is -2.27. The quantitative estimate of drug-likeness (QED) is 0.718. The minimum Gasteiger partial charge on any atom is -0.356 e. The van der Waals surface area contributed by atoms with Gasteiger partial charge in [-0.05, 0) is 60.2 Å². The SMILES string of the molecule is O=C(C[C@@H](Cn1cnnn1)c1ccc(Cl)cc1)NCCC1=CCCCC1. The molecule has 2 aromatic rings. The number of benzene rings is 1. The summed E-state index contributed by atoms with van der Waals surface area (Å²) in [5.41, 5.74) is 2.52. The zero-order chi connectivity index (χ0) is 18.2. The Hall–Kier alpha value is -2.21. The van der Waals surface area contributed by atoms with Crippen molar-refractivity contribution in [3.63, 3.8) is 0 Å². The second kappa shape index (κ2) is 9.48. The lowest BCUT2D eigenvalue weighted by Gasteiger charge is -2.17. The summed E-state index contributed by atoms with van der Waals surface area (Å²) in [4.78, 5) is 12.4. The third-order valence-electron chi connectivity index (χ3n) is 4.73. The minimum atomic E-state index is -0.00957. The van der Waals surface area contributed by atoms with Crippen LogP contribution in [-0.2, 0) is 11.3 Å². The highest BCUT2D eigenvalue weighted by Crippen LogP contribution is 2.24. The molecule has 0 saturated heterocycles. The third-order valence-corrected chi connectivity index (χ3v) is 4.98. The molecule has 0 fully saturated rings. The molecular formula is C19H24ClN5O. The number of rotatable bonds is 8. The number of amides is 1. The number of carbonyl (C=O) groups excluding carboxylic acids is 1. The van der Waals surface area contributed by atoms with E-state index in [9.17, 15) is 4.79 Å². The Morgan fingerprint density at radius 2 is 2.12 bits per heavy atom. The molecule has 6 nitrogen and oxygen atoms in total. The number of carbonyl (C=O) groups is 1. The van der Waals surface area contributed by atoms with Crippen LogP contribution in [0.5, 0.6) is 0 Å². The maximum Gasteiger partial charge on any atom is 0.220 e. The van der Waals surface area contributed by atoms with Crippen LogP contribution in [0, 0.1) is 0 Å². The van der Waals surface area contributed by atoms with Crippen LogP contribution in [0.1, 0.15) is 50.0 Å². The summed E-state index contributed by atoms with van der Waals surface area (Å²) in [5.74, 6) is 0.0408. The van der Waals surface area contributed by atoms with E-state index in [2.05, 4.69) is 26.9 Å². The van der Waals surface area contributed by atoms with E-state index < -0.39 is 0 Å². The normalized spacial score (nSPS) is 15.3. The Balaban J connectivity index is 1.56. The van der Waals surface area contributed by atoms with Crippen LogP contribution >= 0.6 is 11.6 Å². The van der Waals surface area contributed by atoms with Crippen LogP contribution in [0.15, 0.2) is 42.2 Å². The zero-order valence-corrected chi connectivity index (χ0v) is 15.5. The molecule has 0 aliphatic heterocycles. The van der Waals surface area contributed by atoms with Gasteiger partial charge in [-0.25, -0.2) is 4.68 Å². The Morgan fingerprint density at radius 1 is 1.27 bits per heavy atom. The second-order valence-corrected chi connectivity index (χ2v) is 7.13. The van der Waals surface area contributed by atoms with Gasteiger partial charge in [-0.3, -0.25) is 4.79 Å². The molecule has 1 heterocycles. The maximum atomic E-state index is 12.4. The average molecular weight is 374 g/mol. The summed E-state index contributed by atoms with van der Waals surface area (Å²) in [5, 5.41) is 15.0. The number of halogens is 1. The Kier molecular flexibility index (Phi) is 6.77. The van der Waals surface area contributed by atoms with E-state index in [1.807, 2.05) is 24.3 Å². The highest BCUT2D eigenvalue weighted by molar-refractivity contribution is 6.30. The third kappa shape index (κ3) is 5.66. The zero-order valence-electron chi connectivity index (χ0n) is 14.8. The fourth-order valence-corrected chi connectivity index (χ4v) is 3.43. The van der Waals surface area contributed by atoms with Gasteiger partial charge in [-0.1, -0.05) is 35.4 Å². The van der Waals surface area contributed by atoms with Crippen LogP contribution in [0.3, 0.4) is 0 Å². The predicted octanol–water partition coefficient (Wildman–Crippen LogP) is 3.51. The van der Waals surface area contributed by atoms with Crippen molar-refractivity contribution in [3.05, 3.63) is 52.8 Å². The minimum absolute atomic E-state index is 0.00957. The standard InChI is InChI=1S/C19H24ClN5O/c20-18-8-6-16(7-9-18)17(13-25-14-22-23-24-25)12-19(26)21-11-10-15-4-2-1-3-5-15/h4,6-9,14,17H,1-3,5,10-13H2,(H,21,26)/t17-/m0/s1. The monoisotopic (exact) mass is 373 g/mol. The molecule has 0 saturated carbocycles. The van der Waals surface area contributed by atoms with Gasteiger partial charge in [0.05, 0.1) is 6.54 Å². The average Bonchev–Trinajstić information content (AvgIpc) is 3.16. The number of nitrogens with zero attached hydrogens (tertiary/aromatic N) is 4. The Morgan fingerprint density at radius 3 is 2.81 bits per heavy atom. The molecule has 26 heavy (non-hydrogen) atoms. The smallest absolute Gasteiger partial charge is 0.220 e. The molecule has 1 aliphatic rings. The first-order valence-corrected chi connectivity index (χ1v) is 9.49. The van der Waals surface area contributed by atoms with Crippen molar-refractivity contribution >= 4 is 17.5 Å². The van der Waals surface area contributed by atoms with E-state index in [1.54, 1.807) is 11.0 Å². The van der Waals surface area contributed by atoms with Crippen molar-refractivity contribution in [1.29, 1.82) is 0 Å². The number of tetrazole rings is 1. The van der Waals surface area contributed by atoms with Gasteiger partial charge in [0, 0.05) is 23.9 Å². The van der Waals surface area contributed by atoms with Crippen LogP contribution in [0.2, 0.25) is 5.02 Å². The first-order chi connectivity index (χ1) is 12.7. The van der Waals surface area contributed by atoms with Gasteiger partial charge < -0.3 is 5.32 Å². The summed E-state index contributed by atoms with van der Waals surface area (Å²) in [7, 11) is 0. The number of aromatic nitrogens is 4. The Labute approximate surface area is 158 Å². The van der Waals surface area contributed by atoms with E-state index in [0.717, 1.165) is 12.0 Å². The van der Waals surface area contributed by atoms with Gasteiger partial charge >= 0.3 is 0 Å². The molecule has 1 amide bonds. The number of hydrogen-bond donors (Lipinski definition) is 1. The van der Waals surface area contributed by atoms with Crippen molar-refractivity contribution < 1.29 is 4.79 Å². The summed E-state index contributed by atoms with van der Waals surface area (Å²) in [6, 6.07) is 7.60. The molecule has 1 atom stereocenters. The first kappa shape index (κ1) is 18.6. The summed E-state index contributed by atoms with van der Waals surface area (Å²) in [6.07, 6.45) is 10.1. The van der Waals surface area contributed by atoms with Gasteiger partial charge in [0.15, 0.2) is 0 Å². The largest absolute Gasteiger partial charge is 0.356 e. The van der Waals surface area contributed by atoms with Crippen molar-refractivity contribution in [3.8, 4) is 0 Å². The van der Waals surface area contributed by atoms with Crippen molar-refractivity contribution in [2.24, 2.45) is 0 Å². The van der Waals surface area contributed by atoms with Crippen LogP contribution in [0.4, 0.5) is 0 Å². The molecule has 0 unspecified atom stereocenters. The van der Waals surface area contributed by atoms with Crippen molar-refractivity contribution in [2.45, 2.75) is 51.0 Å². The van der Waals surface area contributed by atoms with E-state index in [1.165, 1.54) is 31.3 Å². The highest BCUT2D eigenvalue weighted by atomic mass is 35.5. The highest BCUT2D eigenvalue weighted by Gasteiger charge is 2.18. The van der Waals surface area contributed by atoms with Gasteiger partial charge in [-0.2, -0.15) is 0 Å². The molecule has 7 heteroatoms. The molecule has 1 aliphatic carbocycles. The fraction of sp³-hybridized carbons (Fsp3) is 0.474. The van der Waals surface area contributed by atoms with E-state index in [-0.39, 0.29) is 11.8 Å². The molecule has 0 bridgehead atoms. The van der Waals surface area contributed by atoms with Crippen LogP contribution in [-0.4, -0.2) is 32.7 Å².